The minimum absolute atomic E-state index is 0.216. The average Bonchev–Trinajstić information content (AvgIpc) is 2.47. The summed E-state index contributed by atoms with van der Waals surface area (Å²) in [5.41, 5.74) is 0. The molecule has 2 saturated heterocycles. The minimum Gasteiger partial charge on any atom is -0.390 e. The summed E-state index contributed by atoms with van der Waals surface area (Å²) < 4.78 is 0. The SMILES string of the molecule is CCNCC(O)CN1CCC(N2CCCCC2)CC1. The number of nitrogens with zero attached hydrogens (tertiary/aromatic N) is 2. The van der Waals surface area contributed by atoms with Gasteiger partial charge in [-0.2, -0.15) is 0 Å². The highest BCUT2D eigenvalue weighted by Crippen LogP contribution is 2.20. The van der Waals surface area contributed by atoms with Gasteiger partial charge >= 0.3 is 0 Å². The quantitative estimate of drug-likeness (QED) is 0.752. The summed E-state index contributed by atoms with van der Waals surface area (Å²) in [7, 11) is 0. The van der Waals surface area contributed by atoms with Gasteiger partial charge in [0.2, 0.25) is 0 Å². The molecule has 0 aromatic heterocycles. The van der Waals surface area contributed by atoms with Crippen LogP contribution in [0.15, 0.2) is 0 Å². The summed E-state index contributed by atoms with van der Waals surface area (Å²) in [6, 6.07) is 0.808. The van der Waals surface area contributed by atoms with Gasteiger partial charge in [-0.15, -0.1) is 0 Å². The lowest BCUT2D eigenvalue weighted by Crippen LogP contribution is -2.48. The smallest absolute Gasteiger partial charge is 0.0791 e. The van der Waals surface area contributed by atoms with E-state index < -0.39 is 0 Å². The molecule has 19 heavy (non-hydrogen) atoms. The summed E-state index contributed by atoms with van der Waals surface area (Å²) in [6.45, 7) is 9.52. The molecule has 0 aliphatic carbocycles. The number of rotatable bonds is 6. The Morgan fingerprint density at radius 1 is 1.11 bits per heavy atom. The lowest BCUT2D eigenvalue weighted by atomic mass is 10.00. The molecule has 0 saturated carbocycles. The fourth-order valence-corrected chi connectivity index (χ4v) is 3.42. The van der Waals surface area contributed by atoms with E-state index in [1.165, 1.54) is 45.2 Å². The summed E-state index contributed by atoms with van der Waals surface area (Å²) in [5.74, 6) is 0. The normalized spacial score (nSPS) is 25.6. The molecule has 0 aromatic rings. The summed E-state index contributed by atoms with van der Waals surface area (Å²) >= 11 is 0. The summed E-state index contributed by atoms with van der Waals surface area (Å²) in [5, 5.41) is 13.1. The number of aliphatic hydroxyl groups excluding tert-OH is 1. The van der Waals surface area contributed by atoms with E-state index in [2.05, 4.69) is 22.0 Å². The Morgan fingerprint density at radius 3 is 2.42 bits per heavy atom. The molecule has 2 N–H and O–H groups in total. The second-order valence-electron chi connectivity index (χ2n) is 6.09. The Hall–Kier alpha value is -0.160. The molecule has 0 bridgehead atoms. The third-order valence-electron chi connectivity index (χ3n) is 4.56. The number of aliphatic hydroxyl groups is 1. The van der Waals surface area contributed by atoms with Crippen molar-refractivity contribution < 1.29 is 5.11 Å². The number of hydrogen-bond donors (Lipinski definition) is 2. The van der Waals surface area contributed by atoms with Crippen molar-refractivity contribution in [3.63, 3.8) is 0 Å². The van der Waals surface area contributed by atoms with Gasteiger partial charge in [-0.05, 0) is 58.4 Å². The zero-order valence-electron chi connectivity index (χ0n) is 12.5. The van der Waals surface area contributed by atoms with Crippen molar-refractivity contribution in [3.05, 3.63) is 0 Å². The molecule has 112 valence electrons. The van der Waals surface area contributed by atoms with Crippen molar-refractivity contribution >= 4 is 0 Å². The lowest BCUT2D eigenvalue weighted by molar-refractivity contribution is 0.0605. The number of β-amino-alcohol motifs (C(OH)–C–C–N with tert-alkyl or cyclic N) is 1. The van der Waals surface area contributed by atoms with E-state index in [4.69, 9.17) is 0 Å². The Morgan fingerprint density at radius 2 is 1.79 bits per heavy atom. The first-order chi connectivity index (χ1) is 9.29. The first-order valence-corrected chi connectivity index (χ1v) is 8.14. The Balaban J connectivity index is 1.64. The van der Waals surface area contributed by atoms with Crippen molar-refractivity contribution in [1.29, 1.82) is 0 Å². The Labute approximate surface area is 118 Å². The van der Waals surface area contributed by atoms with Crippen LogP contribution in [0.5, 0.6) is 0 Å². The van der Waals surface area contributed by atoms with Gasteiger partial charge in [-0.25, -0.2) is 0 Å². The maximum absolute atomic E-state index is 9.93. The van der Waals surface area contributed by atoms with Crippen LogP contribution in [0.3, 0.4) is 0 Å². The fourth-order valence-electron chi connectivity index (χ4n) is 3.42. The van der Waals surface area contributed by atoms with Gasteiger partial charge in [0.25, 0.3) is 0 Å². The van der Waals surface area contributed by atoms with Gasteiger partial charge in [0.1, 0.15) is 0 Å². The van der Waals surface area contributed by atoms with Gasteiger partial charge in [0.15, 0.2) is 0 Å². The number of piperidine rings is 2. The highest BCUT2D eigenvalue weighted by atomic mass is 16.3. The van der Waals surface area contributed by atoms with Crippen LogP contribution in [0.4, 0.5) is 0 Å². The van der Waals surface area contributed by atoms with Crippen molar-refractivity contribution in [2.24, 2.45) is 0 Å². The zero-order chi connectivity index (χ0) is 13.5. The lowest BCUT2D eigenvalue weighted by Gasteiger charge is -2.40. The van der Waals surface area contributed by atoms with Gasteiger partial charge in [0, 0.05) is 19.1 Å². The molecular weight excluding hydrogens is 238 g/mol. The molecule has 2 rings (SSSR count). The number of hydrogen-bond acceptors (Lipinski definition) is 4. The van der Waals surface area contributed by atoms with Crippen LogP contribution in [0.2, 0.25) is 0 Å². The van der Waals surface area contributed by atoms with Crippen LogP contribution < -0.4 is 5.32 Å². The highest BCUT2D eigenvalue weighted by molar-refractivity contribution is 4.82. The molecular formula is C15H31N3O. The molecule has 4 heteroatoms. The van der Waals surface area contributed by atoms with E-state index in [0.29, 0.717) is 0 Å². The first-order valence-electron chi connectivity index (χ1n) is 8.14. The maximum Gasteiger partial charge on any atom is 0.0791 e. The van der Waals surface area contributed by atoms with Gasteiger partial charge in [0.05, 0.1) is 6.10 Å². The van der Waals surface area contributed by atoms with Crippen molar-refractivity contribution in [1.82, 2.24) is 15.1 Å². The van der Waals surface area contributed by atoms with Crippen LogP contribution in [0.25, 0.3) is 0 Å². The van der Waals surface area contributed by atoms with Crippen molar-refractivity contribution in [2.45, 2.75) is 51.2 Å². The molecule has 2 heterocycles. The first kappa shape index (κ1) is 15.2. The predicted molar refractivity (Wildman–Crippen MR) is 79.4 cm³/mol. The summed E-state index contributed by atoms with van der Waals surface area (Å²) in [6.07, 6.45) is 6.56. The molecule has 2 aliphatic rings. The van der Waals surface area contributed by atoms with E-state index >= 15 is 0 Å². The largest absolute Gasteiger partial charge is 0.390 e. The van der Waals surface area contributed by atoms with Crippen LogP contribution in [-0.2, 0) is 0 Å². The minimum atomic E-state index is -0.216. The molecule has 2 fully saturated rings. The molecule has 1 atom stereocenters. The van der Waals surface area contributed by atoms with Crippen LogP contribution >= 0.6 is 0 Å². The van der Waals surface area contributed by atoms with Gasteiger partial charge in [-0.1, -0.05) is 13.3 Å². The van der Waals surface area contributed by atoms with Crippen LogP contribution in [-0.4, -0.2) is 72.9 Å². The standard InChI is InChI=1S/C15H31N3O/c1-2-16-12-15(19)13-17-10-6-14(7-11-17)18-8-4-3-5-9-18/h14-16,19H,2-13H2,1H3. The molecule has 0 radical (unpaired) electrons. The van der Waals surface area contributed by atoms with E-state index in [1.807, 2.05) is 0 Å². The van der Waals surface area contributed by atoms with E-state index in [9.17, 15) is 5.11 Å². The van der Waals surface area contributed by atoms with E-state index in [0.717, 1.165) is 38.8 Å². The fraction of sp³-hybridized carbons (Fsp3) is 1.00. The highest BCUT2D eigenvalue weighted by Gasteiger charge is 2.26. The topological polar surface area (TPSA) is 38.7 Å². The monoisotopic (exact) mass is 269 g/mol. The molecule has 0 spiro atoms. The van der Waals surface area contributed by atoms with Crippen LogP contribution in [0, 0.1) is 0 Å². The van der Waals surface area contributed by atoms with Gasteiger partial charge in [-0.3, -0.25) is 0 Å². The second-order valence-corrected chi connectivity index (χ2v) is 6.09. The zero-order valence-corrected chi connectivity index (χ0v) is 12.5. The second kappa shape index (κ2) is 8.20. The van der Waals surface area contributed by atoms with Crippen molar-refractivity contribution in [3.8, 4) is 0 Å². The number of nitrogens with one attached hydrogen (secondary N) is 1. The Kier molecular flexibility index (Phi) is 6.57. The Bertz CT molecular complexity index is 236. The molecule has 0 amide bonds. The number of likely N-dealkylation sites (N-methyl/N-ethyl adjacent to an activating group) is 1. The molecule has 0 aromatic carbocycles. The van der Waals surface area contributed by atoms with Gasteiger partial charge < -0.3 is 20.2 Å². The van der Waals surface area contributed by atoms with Crippen LogP contribution in [0.1, 0.15) is 39.0 Å². The third kappa shape index (κ3) is 5.03. The molecule has 2 aliphatic heterocycles. The average molecular weight is 269 g/mol. The molecule has 4 nitrogen and oxygen atoms in total. The van der Waals surface area contributed by atoms with E-state index in [1.54, 1.807) is 0 Å². The maximum atomic E-state index is 9.93. The molecule has 1 unspecified atom stereocenters. The predicted octanol–water partition coefficient (Wildman–Crippen LogP) is 0.907. The van der Waals surface area contributed by atoms with Crippen molar-refractivity contribution in [2.75, 3.05) is 45.8 Å². The number of likely N-dealkylation sites (tertiary alicyclic amines) is 2. The van der Waals surface area contributed by atoms with E-state index in [-0.39, 0.29) is 6.10 Å². The summed E-state index contributed by atoms with van der Waals surface area (Å²) in [4.78, 5) is 5.14. The third-order valence-corrected chi connectivity index (χ3v) is 4.56.